The van der Waals surface area contributed by atoms with E-state index in [1.165, 1.54) is 18.4 Å². The van der Waals surface area contributed by atoms with Gasteiger partial charge in [0.15, 0.2) is 0 Å². The first-order valence-corrected chi connectivity index (χ1v) is 6.04. The maximum atomic E-state index is 6.06. The van der Waals surface area contributed by atoms with Gasteiger partial charge in [0.05, 0.1) is 0 Å². The quantitative estimate of drug-likeness (QED) is 0.808. The predicted octanol–water partition coefficient (Wildman–Crippen LogP) is 3.57. The van der Waals surface area contributed by atoms with Crippen LogP contribution in [0.5, 0.6) is 0 Å². The smallest absolute Gasteiger partial charge is 0.0458 e. The normalized spacial score (nSPS) is 26.1. The van der Waals surface area contributed by atoms with E-state index in [4.69, 9.17) is 11.6 Å². The molecule has 1 fully saturated rings. The third kappa shape index (κ3) is 1.91. The van der Waals surface area contributed by atoms with Crippen LogP contribution < -0.4 is 5.32 Å². The van der Waals surface area contributed by atoms with Crippen molar-refractivity contribution in [2.75, 3.05) is 6.54 Å². The van der Waals surface area contributed by atoms with E-state index < -0.39 is 0 Å². The fourth-order valence-corrected chi connectivity index (χ4v) is 2.80. The van der Waals surface area contributed by atoms with Crippen LogP contribution in [0.4, 0.5) is 0 Å². The van der Waals surface area contributed by atoms with Crippen LogP contribution >= 0.6 is 11.6 Å². The van der Waals surface area contributed by atoms with Gasteiger partial charge >= 0.3 is 0 Å². The second-order valence-electron chi connectivity index (χ2n) is 4.67. The molecule has 1 aromatic carbocycles. The second kappa shape index (κ2) is 4.15. The van der Waals surface area contributed by atoms with Gasteiger partial charge in [-0.3, -0.25) is 0 Å². The molecule has 1 unspecified atom stereocenters. The summed E-state index contributed by atoms with van der Waals surface area (Å²) in [5.74, 6) is 0.596. The third-order valence-electron chi connectivity index (χ3n) is 3.51. The molecule has 82 valence electrons. The molecule has 1 heterocycles. The Kier molecular flexibility index (Phi) is 3.03. The summed E-state index contributed by atoms with van der Waals surface area (Å²) >= 11 is 6.06. The molecule has 1 saturated heterocycles. The van der Waals surface area contributed by atoms with Crippen LogP contribution in [0.25, 0.3) is 0 Å². The van der Waals surface area contributed by atoms with Gasteiger partial charge in [0, 0.05) is 10.6 Å². The largest absolute Gasteiger partial charge is 0.307 e. The summed E-state index contributed by atoms with van der Waals surface area (Å²) in [4.78, 5) is 0. The van der Waals surface area contributed by atoms with Crippen molar-refractivity contribution in [2.24, 2.45) is 5.92 Å². The Bertz CT molecular complexity index is 340. The highest BCUT2D eigenvalue weighted by molar-refractivity contribution is 6.30. The van der Waals surface area contributed by atoms with Gasteiger partial charge in [0.2, 0.25) is 0 Å². The van der Waals surface area contributed by atoms with Gasteiger partial charge in [-0.05, 0) is 43.0 Å². The molecule has 1 aliphatic rings. The van der Waals surface area contributed by atoms with Gasteiger partial charge in [-0.2, -0.15) is 0 Å². The van der Waals surface area contributed by atoms with Crippen LogP contribution in [0.1, 0.15) is 32.3 Å². The average Bonchev–Trinajstić information content (AvgIpc) is 2.67. The molecule has 0 radical (unpaired) electrons. The van der Waals surface area contributed by atoms with Gasteiger partial charge in [0.25, 0.3) is 0 Å². The molecule has 1 atom stereocenters. The van der Waals surface area contributed by atoms with E-state index in [-0.39, 0.29) is 5.54 Å². The first-order valence-electron chi connectivity index (χ1n) is 5.66. The summed E-state index contributed by atoms with van der Waals surface area (Å²) in [6.07, 6.45) is 2.47. The van der Waals surface area contributed by atoms with Crippen molar-refractivity contribution >= 4 is 11.6 Å². The van der Waals surface area contributed by atoms with Crippen LogP contribution in [0.2, 0.25) is 5.02 Å². The Morgan fingerprint density at radius 3 is 2.73 bits per heavy atom. The second-order valence-corrected chi connectivity index (χ2v) is 5.10. The molecule has 0 saturated carbocycles. The third-order valence-corrected chi connectivity index (χ3v) is 3.75. The summed E-state index contributed by atoms with van der Waals surface area (Å²) in [6.45, 7) is 5.67. The minimum atomic E-state index is 0.144. The molecule has 0 aliphatic carbocycles. The van der Waals surface area contributed by atoms with Crippen molar-refractivity contribution in [3.05, 3.63) is 34.9 Å². The summed E-state index contributed by atoms with van der Waals surface area (Å²) in [7, 11) is 0. The summed E-state index contributed by atoms with van der Waals surface area (Å²) in [6, 6.07) is 8.26. The highest BCUT2D eigenvalue weighted by Crippen LogP contribution is 2.38. The van der Waals surface area contributed by atoms with Gasteiger partial charge in [0.1, 0.15) is 0 Å². The number of nitrogens with one attached hydrogen (secondary N) is 1. The van der Waals surface area contributed by atoms with Crippen LogP contribution in [-0.4, -0.2) is 6.54 Å². The van der Waals surface area contributed by atoms with Crippen molar-refractivity contribution in [1.29, 1.82) is 0 Å². The number of rotatable bonds is 2. The van der Waals surface area contributed by atoms with Crippen LogP contribution in [0.3, 0.4) is 0 Å². The molecule has 0 aromatic heterocycles. The zero-order valence-electron chi connectivity index (χ0n) is 9.39. The number of benzene rings is 1. The number of hydrogen-bond acceptors (Lipinski definition) is 1. The Morgan fingerprint density at radius 2 is 2.20 bits per heavy atom. The van der Waals surface area contributed by atoms with Crippen molar-refractivity contribution in [3.63, 3.8) is 0 Å². The Hall–Kier alpha value is -0.530. The molecule has 1 N–H and O–H groups in total. The van der Waals surface area contributed by atoms with Crippen molar-refractivity contribution < 1.29 is 0 Å². The molecule has 0 spiro atoms. The molecular weight excluding hydrogens is 206 g/mol. The lowest BCUT2D eigenvalue weighted by molar-refractivity contribution is 0.277. The van der Waals surface area contributed by atoms with Crippen LogP contribution in [0, 0.1) is 5.92 Å². The molecule has 1 aromatic rings. The van der Waals surface area contributed by atoms with Gasteiger partial charge in [-0.15, -0.1) is 0 Å². The maximum Gasteiger partial charge on any atom is 0.0458 e. The van der Waals surface area contributed by atoms with Crippen molar-refractivity contribution in [3.8, 4) is 0 Å². The van der Waals surface area contributed by atoms with Crippen LogP contribution in [0.15, 0.2) is 24.3 Å². The molecule has 0 amide bonds. The van der Waals surface area contributed by atoms with Gasteiger partial charge < -0.3 is 5.32 Å². The minimum absolute atomic E-state index is 0.144. The molecule has 15 heavy (non-hydrogen) atoms. The molecule has 0 bridgehead atoms. The highest BCUT2D eigenvalue weighted by atomic mass is 35.5. The Morgan fingerprint density at radius 1 is 1.40 bits per heavy atom. The lowest BCUT2D eigenvalue weighted by Crippen LogP contribution is -2.41. The monoisotopic (exact) mass is 223 g/mol. The topological polar surface area (TPSA) is 12.0 Å². The zero-order chi connectivity index (χ0) is 10.9. The Balaban J connectivity index is 2.41. The van der Waals surface area contributed by atoms with E-state index in [0.717, 1.165) is 11.6 Å². The SMILES string of the molecule is CC(C)C1(c2cccc(Cl)c2)CCCN1. The van der Waals surface area contributed by atoms with Crippen molar-refractivity contribution in [2.45, 2.75) is 32.2 Å². The molecular formula is C13H18ClN. The van der Waals surface area contributed by atoms with E-state index in [1.807, 2.05) is 12.1 Å². The standard InChI is InChI=1S/C13H18ClN/c1-10(2)13(7-4-8-15-13)11-5-3-6-12(14)9-11/h3,5-6,9-10,15H,4,7-8H2,1-2H3. The average molecular weight is 224 g/mol. The summed E-state index contributed by atoms with van der Waals surface area (Å²) in [5.41, 5.74) is 1.48. The number of halogens is 1. The van der Waals surface area contributed by atoms with E-state index >= 15 is 0 Å². The fourth-order valence-electron chi connectivity index (χ4n) is 2.61. The molecule has 2 heteroatoms. The predicted molar refractivity (Wildman–Crippen MR) is 65.2 cm³/mol. The first kappa shape index (κ1) is 11.0. The molecule has 2 rings (SSSR count). The molecule has 1 aliphatic heterocycles. The lowest BCUT2D eigenvalue weighted by atomic mass is 9.79. The minimum Gasteiger partial charge on any atom is -0.307 e. The van der Waals surface area contributed by atoms with Gasteiger partial charge in [-0.25, -0.2) is 0 Å². The lowest BCUT2D eigenvalue weighted by Gasteiger charge is -2.34. The summed E-state index contributed by atoms with van der Waals surface area (Å²) < 4.78 is 0. The molecule has 1 nitrogen and oxygen atoms in total. The summed E-state index contributed by atoms with van der Waals surface area (Å²) in [5, 5.41) is 4.49. The first-order chi connectivity index (χ1) is 7.15. The zero-order valence-corrected chi connectivity index (χ0v) is 10.1. The highest BCUT2D eigenvalue weighted by Gasteiger charge is 2.38. The van der Waals surface area contributed by atoms with E-state index in [1.54, 1.807) is 0 Å². The van der Waals surface area contributed by atoms with Crippen LogP contribution in [-0.2, 0) is 5.54 Å². The fraction of sp³-hybridized carbons (Fsp3) is 0.538. The number of hydrogen-bond donors (Lipinski definition) is 1. The Labute approximate surface area is 96.8 Å². The van der Waals surface area contributed by atoms with Gasteiger partial charge in [-0.1, -0.05) is 37.6 Å². The van der Waals surface area contributed by atoms with E-state index in [2.05, 4.69) is 31.3 Å². The maximum absolute atomic E-state index is 6.06. The van der Waals surface area contributed by atoms with E-state index in [9.17, 15) is 0 Å². The van der Waals surface area contributed by atoms with Crippen molar-refractivity contribution in [1.82, 2.24) is 5.32 Å². The van der Waals surface area contributed by atoms with E-state index in [0.29, 0.717) is 5.92 Å².